The number of ether oxygens (including phenoxy) is 4. The summed E-state index contributed by atoms with van der Waals surface area (Å²) in [5.74, 6) is -2.25. The van der Waals surface area contributed by atoms with Gasteiger partial charge in [0.2, 0.25) is 0 Å². The van der Waals surface area contributed by atoms with E-state index in [0.29, 0.717) is 33.9 Å². The molecule has 4 rings (SSSR count). The third-order valence-electron chi connectivity index (χ3n) is 6.79. The maximum atomic E-state index is 12.6. The molecule has 3 aromatic rings. The van der Waals surface area contributed by atoms with Crippen LogP contribution in [0.2, 0.25) is 0 Å². The molecule has 1 aliphatic rings. The van der Waals surface area contributed by atoms with E-state index in [4.69, 9.17) is 18.9 Å². The van der Waals surface area contributed by atoms with Gasteiger partial charge in [0.15, 0.2) is 5.78 Å². The molecule has 38 heavy (non-hydrogen) atoms. The first-order chi connectivity index (χ1) is 18.1. The molecule has 200 valence electrons. The lowest BCUT2D eigenvalue weighted by Gasteiger charge is -2.25. The molecule has 2 aromatic carbocycles. The first kappa shape index (κ1) is 26.7. The number of hydrogen-bond donors (Lipinski definition) is 3. The van der Waals surface area contributed by atoms with Crippen LogP contribution in [0.4, 0.5) is 0 Å². The molecule has 0 aliphatic carbocycles. The van der Waals surface area contributed by atoms with Gasteiger partial charge >= 0.3 is 5.97 Å². The van der Waals surface area contributed by atoms with Gasteiger partial charge in [0, 0.05) is 46.0 Å². The largest absolute Gasteiger partial charge is 0.507 e. The summed E-state index contributed by atoms with van der Waals surface area (Å²) in [4.78, 5) is 29.3. The zero-order chi connectivity index (χ0) is 27.7. The van der Waals surface area contributed by atoms with E-state index in [1.165, 1.54) is 34.3 Å². The molecule has 0 saturated carbocycles. The number of rotatable bonds is 8. The number of phenolic OH excluding ortho intramolecular Hbond substituents is 2. The van der Waals surface area contributed by atoms with Gasteiger partial charge in [-0.1, -0.05) is 6.07 Å². The second kappa shape index (κ2) is 10.6. The number of fused-ring (bicyclic) bond motifs is 1. The summed E-state index contributed by atoms with van der Waals surface area (Å²) in [6, 6.07) is 6.24. The smallest absolute Gasteiger partial charge is 0.306 e. The number of phenols is 2. The van der Waals surface area contributed by atoms with Crippen molar-refractivity contribution in [2.45, 2.75) is 38.9 Å². The van der Waals surface area contributed by atoms with Crippen LogP contribution < -0.4 is 9.47 Å². The van der Waals surface area contributed by atoms with E-state index in [1.807, 2.05) is 0 Å². The van der Waals surface area contributed by atoms with Crippen LogP contribution in [0.1, 0.15) is 69.2 Å². The van der Waals surface area contributed by atoms with Crippen molar-refractivity contribution in [1.29, 1.82) is 0 Å². The van der Waals surface area contributed by atoms with Crippen LogP contribution in [0.5, 0.6) is 28.7 Å². The van der Waals surface area contributed by atoms with Gasteiger partial charge in [-0.15, -0.1) is 0 Å². The molecule has 2 heterocycles. The minimum atomic E-state index is -0.991. The number of benzene rings is 2. The van der Waals surface area contributed by atoms with Crippen LogP contribution >= 0.6 is 0 Å². The van der Waals surface area contributed by atoms with Crippen LogP contribution in [0, 0.1) is 6.92 Å². The quantitative estimate of drug-likeness (QED) is 0.292. The van der Waals surface area contributed by atoms with Crippen molar-refractivity contribution in [3.8, 4) is 28.7 Å². The number of methoxy groups -OCH3 is 3. The molecule has 3 N–H and O–H groups in total. The average molecular weight is 524 g/mol. The number of hydrogen-bond acceptors (Lipinski definition) is 10. The van der Waals surface area contributed by atoms with Crippen LogP contribution in [0.25, 0.3) is 0 Å². The molecule has 0 bridgehead atoms. The van der Waals surface area contributed by atoms with E-state index < -0.39 is 35.3 Å². The summed E-state index contributed by atoms with van der Waals surface area (Å²) in [6.45, 7) is 3.03. The summed E-state index contributed by atoms with van der Waals surface area (Å²) < 4.78 is 21.7. The van der Waals surface area contributed by atoms with E-state index in [9.17, 15) is 24.9 Å². The van der Waals surface area contributed by atoms with Crippen LogP contribution in [-0.2, 0) is 20.9 Å². The first-order valence-electron chi connectivity index (χ1n) is 11.8. The first-order valence-corrected chi connectivity index (χ1v) is 11.8. The minimum Gasteiger partial charge on any atom is -0.507 e. The molecule has 0 amide bonds. The number of Topliss-reactive ketones (excluding diaryl/α,β-unsaturated/α-hetero) is 1. The Labute approximate surface area is 219 Å². The second-order valence-electron chi connectivity index (χ2n) is 8.94. The number of aryl methyl sites for hydroxylation is 1. The summed E-state index contributed by atoms with van der Waals surface area (Å²) in [6.07, 6.45) is 0.328. The lowest BCUT2D eigenvalue weighted by atomic mass is 9.82. The number of carbonyl (C=O) groups is 2. The predicted octanol–water partition coefficient (Wildman–Crippen LogP) is 4.04. The van der Waals surface area contributed by atoms with Gasteiger partial charge in [0.05, 0.1) is 45.6 Å². The summed E-state index contributed by atoms with van der Waals surface area (Å²) >= 11 is 0. The zero-order valence-electron chi connectivity index (χ0n) is 21.7. The third-order valence-corrected chi connectivity index (χ3v) is 6.79. The molecule has 0 fully saturated rings. The van der Waals surface area contributed by atoms with E-state index in [1.54, 1.807) is 31.3 Å². The van der Waals surface area contributed by atoms with E-state index in [0.717, 1.165) is 0 Å². The fraction of sp³-hybridized carbons (Fsp3) is 0.321. The highest BCUT2D eigenvalue weighted by Crippen LogP contribution is 2.51. The van der Waals surface area contributed by atoms with E-state index in [2.05, 4.69) is 4.98 Å². The minimum absolute atomic E-state index is 0.0797. The van der Waals surface area contributed by atoms with Gasteiger partial charge in [-0.2, -0.15) is 0 Å². The Kier molecular flexibility index (Phi) is 7.45. The Bertz CT molecular complexity index is 1420. The van der Waals surface area contributed by atoms with Crippen molar-refractivity contribution in [2.75, 3.05) is 21.3 Å². The van der Waals surface area contributed by atoms with Crippen molar-refractivity contribution < 1.29 is 43.9 Å². The normalized spacial score (nSPS) is 15.0. The Morgan fingerprint density at radius 2 is 1.82 bits per heavy atom. The number of esters is 1. The highest BCUT2D eigenvalue weighted by molar-refractivity contribution is 5.98. The predicted molar refractivity (Wildman–Crippen MR) is 135 cm³/mol. The Hall–Kier alpha value is -4.31. The molecule has 0 saturated heterocycles. The average Bonchev–Trinajstić information content (AvgIpc) is 3.34. The highest BCUT2D eigenvalue weighted by atomic mass is 16.5. The van der Waals surface area contributed by atoms with Gasteiger partial charge in [0.25, 0.3) is 0 Å². The van der Waals surface area contributed by atoms with Crippen molar-refractivity contribution in [2.24, 2.45) is 0 Å². The molecule has 0 radical (unpaired) electrons. The van der Waals surface area contributed by atoms with Crippen molar-refractivity contribution in [1.82, 2.24) is 4.98 Å². The Morgan fingerprint density at radius 3 is 2.45 bits per heavy atom. The summed E-state index contributed by atoms with van der Waals surface area (Å²) in [5.41, 5.74) is 1.82. The maximum Gasteiger partial charge on any atom is 0.306 e. The molecule has 2 atom stereocenters. The van der Waals surface area contributed by atoms with Gasteiger partial charge < -0.3 is 34.3 Å². The molecular weight excluding hydrogens is 494 g/mol. The number of pyridine rings is 1. The lowest BCUT2D eigenvalue weighted by Crippen LogP contribution is -2.14. The Morgan fingerprint density at radius 1 is 1.08 bits per heavy atom. The molecule has 10 heteroatoms. The molecule has 10 nitrogen and oxygen atoms in total. The van der Waals surface area contributed by atoms with Gasteiger partial charge in [0.1, 0.15) is 34.9 Å². The summed E-state index contributed by atoms with van der Waals surface area (Å²) in [7, 11) is 4.16. The topological polar surface area (TPSA) is 145 Å². The van der Waals surface area contributed by atoms with Gasteiger partial charge in [-0.3, -0.25) is 14.6 Å². The van der Waals surface area contributed by atoms with Gasteiger partial charge in [-0.25, -0.2) is 0 Å². The standard InChI is InChI=1S/C28H29NO9/c1-13-25(32)23-15(11-29-13)12-38-28(23)20-9-18(14(2)30)26(33)24(27(20)34)19(10-22(31)37-5)17-7-6-16(35-3)8-21(17)36-4/h6-9,11,19,28,32-34H,10,12H2,1-5H3/t19-,28-/m1/s1. The van der Waals surface area contributed by atoms with Crippen LogP contribution in [0.15, 0.2) is 30.5 Å². The summed E-state index contributed by atoms with van der Waals surface area (Å²) in [5, 5.41) is 33.7. The zero-order valence-corrected chi connectivity index (χ0v) is 21.7. The molecular formula is C28H29NO9. The molecule has 0 spiro atoms. The molecule has 0 unspecified atom stereocenters. The second-order valence-corrected chi connectivity index (χ2v) is 8.94. The Balaban J connectivity index is 2.01. The van der Waals surface area contributed by atoms with E-state index in [-0.39, 0.29) is 35.5 Å². The molecule has 1 aliphatic heterocycles. The van der Waals surface area contributed by atoms with Crippen molar-refractivity contribution >= 4 is 11.8 Å². The van der Waals surface area contributed by atoms with Gasteiger partial charge in [-0.05, 0) is 26.0 Å². The monoisotopic (exact) mass is 523 g/mol. The number of aromatic nitrogens is 1. The fourth-order valence-corrected chi connectivity index (χ4v) is 4.79. The van der Waals surface area contributed by atoms with Crippen LogP contribution in [0.3, 0.4) is 0 Å². The van der Waals surface area contributed by atoms with Crippen molar-refractivity contribution in [3.63, 3.8) is 0 Å². The highest BCUT2D eigenvalue weighted by Gasteiger charge is 2.37. The van der Waals surface area contributed by atoms with Crippen molar-refractivity contribution in [3.05, 3.63) is 69.5 Å². The lowest BCUT2D eigenvalue weighted by molar-refractivity contribution is -0.140. The maximum absolute atomic E-state index is 12.6. The molecule has 1 aromatic heterocycles. The third kappa shape index (κ3) is 4.58. The fourth-order valence-electron chi connectivity index (χ4n) is 4.79. The number of nitrogens with zero attached hydrogens (tertiary/aromatic N) is 1. The number of ketones is 1. The SMILES string of the molecule is COC(=O)C[C@H](c1ccc(OC)cc1OC)c1c(O)c(C(C)=O)cc([C@H]2OCc3cnc(C)c(O)c32)c1O. The number of aromatic hydroxyl groups is 3. The number of carbonyl (C=O) groups excluding carboxylic acids is 2. The van der Waals surface area contributed by atoms with Crippen LogP contribution in [-0.4, -0.2) is 53.4 Å². The van der Waals surface area contributed by atoms with E-state index >= 15 is 0 Å².